The van der Waals surface area contributed by atoms with Crippen LogP contribution in [0.15, 0.2) is 36.0 Å². The predicted molar refractivity (Wildman–Crippen MR) is 104 cm³/mol. The van der Waals surface area contributed by atoms with Crippen LogP contribution in [0.1, 0.15) is 38.5 Å². The van der Waals surface area contributed by atoms with Gasteiger partial charge in [0, 0.05) is 11.7 Å². The van der Waals surface area contributed by atoms with E-state index >= 15 is 0 Å². The van der Waals surface area contributed by atoms with Crippen molar-refractivity contribution in [3.8, 4) is 5.75 Å². The zero-order chi connectivity index (χ0) is 20.5. The van der Waals surface area contributed by atoms with E-state index in [4.69, 9.17) is 4.74 Å². The number of anilines is 1. The van der Waals surface area contributed by atoms with Gasteiger partial charge in [0.15, 0.2) is 0 Å². The summed E-state index contributed by atoms with van der Waals surface area (Å²) < 4.78 is 5.07. The summed E-state index contributed by atoms with van der Waals surface area (Å²) in [5, 5.41) is 0. The van der Waals surface area contributed by atoms with Crippen molar-refractivity contribution >= 4 is 29.4 Å². The van der Waals surface area contributed by atoms with E-state index < -0.39 is 24.4 Å². The number of hydrogen-bond acceptors (Lipinski definition) is 5. The molecule has 0 spiro atoms. The Kier molecular flexibility index (Phi) is 5.08. The van der Waals surface area contributed by atoms with Crippen molar-refractivity contribution in [2.24, 2.45) is 0 Å². The van der Waals surface area contributed by atoms with Crippen LogP contribution in [0.3, 0.4) is 0 Å². The summed E-state index contributed by atoms with van der Waals surface area (Å²) in [5.41, 5.74) is 1.24. The molecule has 0 atom stereocenters. The predicted octanol–water partition coefficient (Wildman–Crippen LogP) is 2.44. The van der Waals surface area contributed by atoms with Gasteiger partial charge in [0.25, 0.3) is 0 Å². The summed E-state index contributed by atoms with van der Waals surface area (Å²) in [7, 11) is 1.51. The molecular formula is C21H23N3O5. The Morgan fingerprint density at radius 1 is 1.10 bits per heavy atom. The Bertz CT molecular complexity index is 888. The molecule has 1 aliphatic heterocycles. The molecule has 5 amide bonds. The number of hydrogen-bond donors (Lipinski definition) is 0. The van der Waals surface area contributed by atoms with Gasteiger partial charge in [-0.25, -0.2) is 14.6 Å². The lowest BCUT2D eigenvalue weighted by atomic mass is 10.0. The number of imide groups is 2. The standard InChI is InChI=1S/C21H23N3O5/c1-29-17-11-9-16(10-12-17)24-20(27)19(26)22(21(24)28)13-18(25)23(15-7-8-15)14-5-3-2-4-6-14/h5,9-12,15H,2-4,6-8,13H2,1H3. The molecule has 0 radical (unpaired) electrons. The maximum atomic E-state index is 13.0. The van der Waals surface area contributed by atoms with Crippen LogP contribution in [-0.2, 0) is 14.4 Å². The molecule has 8 nitrogen and oxygen atoms in total. The van der Waals surface area contributed by atoms with E-state index in [0.29, 0.717) is 5.75 Å². The van der Waals surface area contributed by atoms with Gasteiger partial charge in [0.2, 0.25) is 5.91 Å². The second-order valence-corrected chi connectivity index (χ2v) is 7.45. The molecule has 152 valence electrons. The molecule has 1 saturated heterocycles. The fourth-order valence-corrected chi connectivity index (χ4v) is 3.79. The van der Waals surface area contributed by atoms with Gasteiger partial charge in [0.1, 0.15) is 12.3 Å². The second kappa shape index (κ2) is 7.69. The van der Waals surface area contributed by atoms with E-state index in [1.54, 1.807) is 17.0 Å². The first-order valence-corrected chi connectivity index (χ1v) is 9.86. The van der Waals surface area contributed by atoms with Crippen LogP contribution in [0, 0.1) is 0 Å². The van der Waals surface area contributed by atoms with Crippen LogP contribution in [0.2, 0.25) is 0 Å². The lowest BCUT2D eigenvalue weighted by Gasteiger charge is -2.29. The molecule has 3 aliphatic rings. The molecule has 0 bridgehead atoms. The van der Waals surface area contributed by atoms with Crippen molar-refractivity contribution < 1.29 is 23.9 Å². The highest BCUT2D eigenvalue weighted by molar-refractivity contribution is 6.53. The summed E-state index contributed by atoms with van der Waals surface area (Å²) in [6.07, 6.45) is 7.78. The highest BCUT2D eigenvalue weighted by atomic mass is 16.5. The molecule has 2 fully saturated rings. The van der Waals surface area contributed by atoms with Crippen LogP contribution >= 0.6 is 0 Å². The van der Waals surface area contributed by atoms with E-state index in [-0.39, 0.29) is 17.6 Å². The molecule has 0 N–H and O–H groups in total. The van der Waals surface area contributed by atoms with Crippen LogP contribution in [0.5, 0.6) is 5.75 Å². The lowest BCUT2D eigenvalue weighted by Crippen LogP contribution is -2.44. The normalized spacial score (nSPS) is 19.5. The third-order valence-electron chi connectivity index (χ3n) is 5.43. The van der Waals surface area contributed by atoms with Gasteiger partial charge in [-0.1, -0.05) is 6.08 Å². The van der Waals surface area contributed by atoms with E-state index in [1.165, 1.54) is 19.2 Å². The van der Waals surface area contributed by atoms with E-state index in [0.717, 1.165) is 54.0 Å². The molecule has 2 aliphatic carbocycles. The molecule has 0 aromatic heterocycles. The van der Waals surface area contributed by atoms with Gasteiger partial charge in [-0.2, -0.15) is 0 Å². The number of benzene rings is 1. The van der Waals surface area contributed by atoms with Crippen LogP contribution in [0.25, 0.3) is 0 Å². The largest absolute Gasteiger partial charge is 0.497 e. The minimum absolute atomic E-state index is 0.132. The molecule has 8 heteroatoms. The van der Waals surface area contributed by atoms with E-state index in [1.807, 2.05) is 0 Å². The topological polar surface area (TPSA) is 87.2 Å². The number of ether oxygens (including phenoxy) is 1. The van der Waals surface area contributed by atoms with E-state index in [9.17, 15) is 19.2 Å². The van der Waals surface area contributed by atoms with Crippen molar-refractivity contribution in [2.75, 3.05) is 18.6 Å². The minimum atomic E-state index is -0.979. The number of nitrogens with zero attached hydrogens (tertiary/aromatic N) is 3. The van der Waals surface area contributed by atoms with Crippen molar-refractivity contribution in [1.29, 1.82) is 0 Å². The number of rotatable bonds is 6. The average Bonchev–Trinajstić information content (AvgIpc) is 3.54. The molecule has 29 heavy (non-hydrogen) atoms. The first-order chi connectivity index (χ1) is 14.0. The molecule has 4 rings (SSSR count). The number of methoxy groups -OCH3 is 1. The van der Waals surface area contributed by atoms with Gasteiger partial charge < -0.3 is 9.64 Å². The van der Waals surface area contributed by atoms with Crippen molar-refractivity contribution in [3.05, 3.63) is 36.0 Å². The maximum Gasteiger partial charge on any atom is 0.339 e. The van der Waals surface area contributed by atoms with Crippen molar-refractivity contribution in [2.45, 2.75) is 44.6 Å². The fourth-order valence-electron chi connectivity index (χ4n) is 3.79. The molecule has 1 aromatic carbocycles. The summed E-state index contributed by atoms with van der Waals surface area (Å²) in [6, 6.07) is 5.57. The number of allylic oxidation sites excluding steroid dienone is 2. The van der Waals surface area contributed by atoms with Crippen molar-refractivity contribution in [3.63, 3.8) is 0 Å². The molecule has 1 aromatic rings. The molecule has 0 unspecified atom stereocenters. The number of urea groups is 1. The minimum Gasteiger partial charge on any atom is -0.497 e. The first kappa shape index (κ1) is 19.2. The maximum absolute atomic E-state index is 13.0. The van der Waals surface area contributed by atoms with Gasteiger partial charge in [-0.05, 0) is 62.8 Å². The fraction of sp³-hybridized carbons (Fsp3) is 0.429. The van der Waals surface area contributed by atoms with Gasteiger partial charge >= 0.3 is 17.8 Å². The summed E-state index contributed by atoms with van der Waals surface area (Å²) in [4.78, 5) is 53.9. The van der Waals surface area contributed by atoms with Gasteiger partial charge in [0.05, 0.1) is 12.8 Å². The SMILES string of the molecule is COc1ccc(N2C(=O)C(=O)N(CC(=O)N(C3=CCCCC3)C3CC3)C2=O)cc1. The Balaban J connectivity index is 1.52. The van der Waals surface area contributed by atoms with E-state index in [2.05, 4.69) is 6.08 Å². The quantitative estimate of drug-likeness (QED) is 0.544. The van der Waals surface area contributed by atoms with Crippen molar-refractivity contribution in [1.82, 2.24) is 9.80 Å². The lowest BCUT2D eigenvalue weighted by molar-refractivity contribution is -0.142. The number of amides is 5. The first-order valence-electron chi connectivity index (χ1n) is 9.86. The third-order valence-corrected chi connectivity index (χ3v) is 5.43. The zero-order valence-electron chi connectivity index (χ0n) is 16.3. The highest BCUT2D eigenvalue weighted by Gasteiger charge is 2.47. The van der Waals surface area contributed by atoms with Gasteiger partial charge in [-0.15, -0.1) is 0 Å². The van der Waals surface area contributed by atoms with Gasteiger partial charge in [-0.3, -0.25) is 14.4 Å². The Labute approximate surface area is 168 Å². The summed E-state index contributed by atoms with van der Waals surface area (Å²) in [5.74, 6) is -1.69. The molecule has 1 saturated carbocycles. The van der Waals surface area contributed by atoms with Crippen LogP contribution in [-0.4, -0.2) is 53.2 Å². The summed E-state index contributed by atoms with van der Waals surface area (Å²) in [6.45, 7) is -0.427. The zero-order valence-corrected chi connectivity index (χ0v) is 16.3. The van der Waals surface area contributed by atoms with Crippen LogP contribution < -0.4 is 9.64 Å². The molecule has 1 heterocycles. The third kappa shape index (κ3) is 3.62. The Morgan fingerprint density at radius 3 is 2.41 bits per heavy atom. The number of carbonyl (C=O) groups is 4. The Morgan fingerprint density at radius 2 is 1.83 bits per heavy atom. The van der Waals surface area contributed by atoms with Crippen LogP contribution in [0.4, 0.5) is 10.5 Å². The second-order valence-electron chi connectivity index (χ2n) is 7.45. The summed E-state index contributed by atoms with van der Waals surface area (Å²) >= 11 is 0. The monoisotopic (exact) mass is 397 g/mol. The smallest absolute Gasteiger partial charge is 0.339 e. The Hall–Kier alpha value is -3.16. The average molecular weight is 397 g/mol. The number of carbonyl (C=O) groups excluding carboxylic acids is 4. The molecular weight excluding hydrogens is 374 g/mol. The highest BCUT2D eigenvalue weighted by Crippen LogP contribution is 2.34.